The van der Waals surface area contributed by atoms with Crippen molar-refractivity contribution in [2.45, 2.75) is 53.8 Å². The van der Waals surface area contributed by atoms with Gasteiger partial charge in [-0.25, -0.2) is 4.79 Å². The maximum atomic E-state index is 13.0. The van der Waals surface area contributed by atoms with Crippen LogP contribution in [0.3, 0.4) is 0 Å². The minimum atomic E-state index is -0.785. The van der Waals surface area contributed by atoms with E-state index in [4.69, 9.17) is 4.74 Å². The number of urea groups is 1. The molecule has 1 aromatic rings. The number of hydrogen-bond donors (Lipinski definition) is 3. The zero-order valence-corrected chi connectivity index (χ0v) is 23.5. The summed E-state index contributed by atoms with van der Waals surface area (Å²) in [6, 6.07) is 5.63. The molecular formula is C28H43N5O3. The smallest absolute Gasteiger partial charge is 0.321 e. The largest absolute Gasteiger partial charge is 0.501 e. The fourth-order valence-electron chi connectivity index (χ4n) is 3.75. The molecule has 0 saturated heterocycles. The van der Waals surface area contributed by atoms with Crippen molar-refractivity contribution in [2.24, 2.45) is 0 Å². The molecule has 3 rings (SSSR count). The third-order valence-corrected chi connectivity index (χ3v) is 5.88. The second-order valence-electron chi connectivity index (χ2n) is 8.13. The molecule has 0 fully saturated rings. The molecule has 2 heterocycles. The zero-order valence-electron chi connectivity index (χ0n) is 23.5. The summed E-state index contributed by atoms with van der Waals surface area (Å²) in [5.41, 5.74) is 3.54. The molecule has 8 nitrogen and oxygen atoms in total. The molecule has 0 aromatic heterocycles. The molecule has 0 atom stereocenters. The summed E-state index contributed by atoms with van der Waals surface area (Å²) in [5.74, 6) is 7.16. The summed E-state index contributed by atoms with van der Waals surface area (Å²) < 4.78 is 5.21. The predicted molar refractivity (Wildman–Crippen MR) is 147 cm³/mol. The van der Waals surface area contributed by atoms with Crippen molar-refractivity contribution in [3.63, 3.8) is 0 Å². The Hall–Kier alpha value is -3.28. The number of ether oxygens (including phenoxy) is 1. The van der Waals surface area contributed by atoms with Crippen molar-refractivity contribution in [3.8, 4) is 11.8 Å². The Bertz CT molecular complexity index is 1050. The van der Waals surface area contributed by atoms with Crippen LogP contribution in [-0.2, 0) is 16.1 Å². The first-order chi connectivity index (χ1) is 17.2. The van der Waals surface area contributed by atoms with Gasteiger partial charge < -0.3 is 19.9 Å². The van der Waals surface area contributed by atoms with Crippen LogP contribution in [0.15, 0.2) is 41.2 Å². The Morgan fingerprint density at radius 2 is 1.81 bits per heavy atom. The van der Waals surface area contributed by atoms with Crippen LogP contribution in [-0.4, -0.2) is 68.7 Å². The van der Waals surface area contributed by atoms with Crippen molar-refractivity contribution >= 4 is 17.6 Å². The summed E-state index contributed by atoms with van der Waals surface area (Å²) in [4.78, 5) is 28.2. The number of carbonyl (C=O) groups excluding carboxylic acids is 2. The first-order valence-electron chi connectivity index (χ1n) is 12.5. The predicted octanol–water partition coefficient (Wildman–Crippen LogP) is 3.91. The lowest BCUT2D eigenvalue weighted by atomic mass is 10.0. The lowest BCUT2D eigenvalue weighted by Crippen LogP contribution is -2.60. The van der Waals surface area contributed by atoms with Crippen LogP contribution in [0.4, 0.5) is 10.5 Å². The van der Waals surface area contributed by atoms with Gasteiger partial charge in [-0.1, -0.05) is 39.5 Å². The van der Waals surface area contributed by atoms with Gasteiger partial charge in [0.25, 0.3) is 5.91 Å². The van der Waals surface area contributed by atoms with E-state index < -0.39 is 5.66 Å². The van der Waals surface area contributed by atoms with E-state index in [1.54, 1.807) is 30.0 Å². The van der Waals surface area contributed by atoms with Crippen LogP contribution in [0.25, 0.3) is 0 Å². The Morgan fingerprint density at radius 3 is 2.39 bits per heavy atom. The number of rotatable bonds is 6. The highest BCUT2D eigenvalue weighted by atomic mass is 16.5. The molecule has 0 bridgehead atoms. The zero-order chi connectivity index (χ0) is 27.5. The van der Waals surface area contributed by atoms with E-state index in [2.05, 4.69) is 27.8 Å². The Kier molecular flexibility index (Phi) is 12.2. The minimum absolute atomic E-state index is 0.0388. The third kappa shape index (κ3) is 7.36. The highest BCUT2D eigenvalue weighted by Crippen LogP contribution is 2.24. The minimum Gasteiger partial charge on any atom is -0.501 e. The number of amides is 3. The van der Waals surface area contributed by atoms with E-state index in [1.807, 2.05) is 73.8 Å². The fourth-order valence-corrected chi connectivity index (χ4v) is 3.75. The summed E-state index contributed by atoms with van der Waals surface area (Å²) in [6.45, 7) is 13.2. The van der Waals surface area contributed by atoms with E-state index in [-0.39, 0.29) is 11.9 Å². The van der Waals surface area contributed by atoms with Crippen molar-refractivity contribution < 1.29 is 14.3 Å². The number of likely N-dealkylation sites (N-methyl/N-ethyl adjacent to an activating group) is 2. The summed E-state index contributed by atoms with van der Waals surface area (Å²) >= 11 is 0. The average molecular weight is 498 g/mol. The number of benzene rings is 1. The molecular weight excluding hydrogens is 454 g/mol. The first-order valence-corrected chi connectivity index (χ1v) is 12.5. The monoisotopic (exact) mass is 497 g/mol. The van der Waals surface area contributed by atoms with E-state index in [0.29, 0.717) is 31.0 Å². The molecule has 36 heavy (non-hydrogen) atoms. The van der Waals surface area contributed by atoms with Gasteiger partial charge in [-0.3, -0.25) is 15.4 Å². The van der Waals surface area contributed by atoms with Crippen LogP contribution in [0.5, 0.6) is 0 Å². The lowest BCUT2D eigenvalue weighted by molar-refractivity contribution is -0.126. The molecule has 3 amide bonds. The average Bonchev–Trinajstić information content (AvgIpc) is 3.16. The molecule has 0 unspecified atom stereocenters. The molecule has 0 spiro atoms. The van der Waals surface area contributed by atoms with Gasteiger partial charge in [-0.15, -0.1) is 0 Å². The second-order valence-corrected chi connectivity index (χ2v) is 8.13. The van der Waals surface area contributed by atoms with Gasteiger partial charge in [0.2, 0.25) is 0 Å². The number of carbonyl (C=O) groups is 2. The normalized spacial score (nSPS) is 15.1. The quantitative estimate of drug-likeness (QED) is 0.315. The molecule has 2 aliphatic rings. The van der Waals surface area contributed by atoms with Gasteiger partial charge in [0.15, 0.2) is 5.66 Å². The summed E-state index contributed by atoms with van der Waals surface area (Å²) in [6.07, 6.45) is 1.78. The molecule has 0 aliphatic carbocycles. The van der Waals surface area contributed by atoms with Gasteiger partial charge in [-0.2, -0.15) is 0 Å². The molecule has 0 saturated carbocycles. The summed E-state index contributed by atoms with van der Waals surface area (Å²) in [7, 11) is 6.98. The van der Waals surface area contributed by atoms with Crippen LogP contribution in [0.2, 0.25) is 0 Å². The molecule has 2 aliphatic heterocycles. The SMILES string of the molecule is CC.CC.CNC(C#Cc1ccc2c(c1)CN(C)C(=O)N2)(CN1CC(C)=C(/C=C(\C)OC)C1=O)NC. The van der Waals surface area contributed by atoms with E-state index in [1.165, 1.54) is 0 Å². The lowest BCUT2D eigenvalue weighted by Gasteiger charge is -2.32. The van der Waals surface area contributed by atoms with Gasteiger partial charge >= 0.3 is 6.03 Å². The van der Waals surface area contributed by atoms with Crippen molar-refractivity contribution in [1.82, 2.24) is 20.4 Å². The highest BCUT2D eigenvalue weighted by molar-refractivity contribution is 5.99. The number of fused-ring (bicyclic) bond motifs is 1. The van der Waals surface area contributed by atoms with Crippen LogP contribution in [0.1, 0.15) is 52.7 Å². The number of methoxy groups -OCH3 is 1. The number of nitrogens with one attached hydrogen (secondary N) is 3. The Labute approximate surface area is 217 Å². The fraction of sp³-hybridized carbons (Fsp3) is 0.500. The van der Waals surface area contributed by atoms with Crippen LogP contribution in [0, 0.1) is 11.8 Å². The van der Waals surface area contributed by atoms with E-state index >= 15 is 0 Å². The molecule has 1 aromatic carbocycles. The van der Waals surface area contributed by atoms with Crippen molar-refractivity contribution in [2.75, 3.05) is 46.7 Å². The number of anilines is 1. The Morgan fingerprint density at radius 1 is 1.17 bits per heavy atom. The molecule has 8 heteroatoms. The van der Waals surface area contributed by atoms with Crippen LogP contribution >= 0.6 is 0 Å². The number of hydrogen-bond acceptors (Lipinski definition) is 5. The first kappa shape index (κ1) is 30.8. The van der Waals surface area contributed by atoms with E-state index in [9.17, 15) is 9.59 Å². The van der Waals surface area contributed by atoms with Gasteiger partial charge in [0.05, 0.1) is 19.4 Å². The summed E-state index contributed by atoms with van der Waals surface area (Å²) in [5, 5.41) is 9.34. The van der Waals surface area contributed by atoms with Crippen molar-refractivity contribution in [3.05, 3.63) is 52.3 Å². The van der Waals surface area contributed by atoms with Crippen LogP contribution < -0.4 is 16.0 Å². The van der Waals surface area contributed by atoms with E-state index in [0.717, 1.165) is 22.4 Å². The third-order valence-electron chi connectivity index (χ3n) is 5.88. The number of nitrogens with zero attached hydrogens (tertiary/aromatic N) is 2. The molecule has 0 radical (unpaired) electrons. The maximum absolute atomic E-state index is 13.0. The van der Waals surface area contributed by atoms with Gasteiger partial charge in [0, 0.05) is 37.0 Å². The van der Waals surface area contributed by atoms with Gasteiger partial charge in [0.1, 0.15) is 0 Å². The maximum Gasteiger partial charge on any atom is 0.321 e. The standard InChI is InChI=1S/C24H31N5O3.2C2H6/c1-16-13-29(22(30)20(16)11-17(2)32-6)15-24(25-3,26-4)10-9-18-7-8-21-19(12-18)14-28(5)23(31)27-21;2*1-2/h7-8,11-12,25-26H,13-15H2,1-6H3,(H,27,31);2*1-2H3/b17-11+;;. The Balaban J connectivity index is 0.00000154. The number of allylic oxidation sites excluding steroid dienone is 1. The van der Waals surface area contributed by atoms with Gasteiger partial charge in [-0.05, 0) is 63.4 Å². The molecule has 198 valence electrons. The second kappa shape index (κ2) is 14.3. The van der Waals surface area contributed by atoms with Crippen molar-refractivity contribution in [1.29, 1.82) is 0 Å². The highest BCUT2D eigenvalue weighted by Gasteiger charge is 2.34. The topological polar surface area (TPSA) is 85.9 Å². The molecule has 3 N–H and O–H groups in total.